The zero-order valence-electron chi connectivity index (χ0n) is 17.6. The van der Waals surface area contributed by atoms with E-state index >= 15 is 0 Å². The highest BCUT2D eigenvalue weighted by Gasteiger charge is 2.17. The standard InChI is InChI=1S/C25H26FN3O/c1-25(2,3)29-23(30)10-6-8-18-19-15-17(26)12-14-21(19)28-24(18)22-13-11-16-7-4-5-9-20(16)27-22/h4-5,7,9,11-15,28H,6,8,10H2,1-3H3,(H,29,30). The molecule has 30 heavy (non-hydrogen) atoms. The third-order valence-electron chi connectivity index (χ3n) is 5.07. The first kappa shape index (κ1) is 20.1. The van der Waals surface area contributed by atoms with Crippen LogP contribution in [-0.4, -0.2) is 21.4 Å². The van der Waals surface area contributed by atoms with Crippen LogP contribution in [0, 0.1) is 5.82 Å². The maximum atomic E-state index is 14.0. The average Bonchev–Trinajstić information content (AvgIpc) is 3.04. The summed E-state index contributed by atoms with van der Waals surface area (Å²) in [5.41, 5.74) is 4.24. The maximum absolute atomic E-state index is 14.0. The molecule has 0 aliphatic rings. The zero-order chi connectivity index (χ0) is 21.3. The van der Waals surface area contributed by atoms with Crippen molar-refractivity contribution in [1.82, 2.24) is 15.3 Å². The molecule has 0 aliphatic heterocycles. The topological polar surface area (TPSA) is 57.8 Å². The Morgan fingerprint density at radius 1 is 1.10 bits per heavy atom. The highest BCUT2D eigenvalue weighted by atomic mass is 19.1. The van der Waals surface area contributed by atoms with Crippen LogP contribution in [0.2, 0.25) is 0 Å². The van der Waals surface area contributed by atoms with E-state index in [4.69, 9.17) is 4.98 Å². The highest BCUT2D eigenvalue weighted by molar-refractivity contribution is 5.91. The molecule has 0 saturated carbocycles. The molecule has 0 unspecified atom stereocenters. The molecule has 2 heterocycles. The van der Waals surface area contributed by atoms with Crippen LogP contribution in [0.4, 0.5) is 4.39 Å². The molecule has 0 fully saturated rings. The molecule has 0 bridgehead atoms. The highest BCUT2D eigenvalue weighted by Crippen LogP contribution is 2.32. The largest absolute Gasteiger partial charge is 0.353 e. The number of aromatic nitrogens is 2. The molecule has 0 aliphatic carbocycles. The second kappa shape index (κ2) is 7.90. The summed E-state index contributed by atoms with van der Waals surface area (Å²) < 4.78 is 14.0. The van der Waals surface area contributed by atoms with E-state index < -0.39 is 0 Å². The van der Waals surface area contributed by atoms with Crippen LogP contribution < -0.4 is 5.32 Å². The first-order valence-electron chi connectivity index (χ1n) is 10.3. The SMILES string of the molecule is CC(C)(C)NC(=O)CCCc1c(-c2ccc3ccccc3n2)[nH]c2ccc(F)cc12. The molecule has 1 amide bonds. The molecule has 0 spiro atoms. The maximum Gasteiger partial charge on any atom is 0.220 e. The van der Waals surface area contributed by atoms with Gasteiger partial charge in [-0.3, -0.25) is 4.79 Å². The van der Waals surface area contributed by atoms with Crippen LogP contribution in [-0.2, 0) is 11.2 Å². The first-order valence-corrected chi connectivity index (χ1v) is 10.3. The van der Waals surface area contributed by atoms with Gasteiger partial charge in [-0.1, -0.05) is 24.3 Å². The van der Waals surface area contributed by atoms with E-state index in [1.807, 2.05) is 57.2 Å². The van der Waals surface area contributed by atoms with Gasteiger partial charge in [-0.15, -0.1) is 0 Å². The molecule has 4 nitrogen and oxygen atoms in total. The van der Waals surface area contributed by atoms with Crippen molar-refractivity contribution in [1.29, 1.82) is 0 Å². The lowest BCUT2D eigenvalue weighted by molar-refractivity contribution is -0.122. The number of nitrogens with one attached hydrogen (secondary N) is 2. The summed E-state index contributed by atoms with van der Waals surface area (Å²) in [5, 5.41) is 4.91. The van der Waals surface area contributed by atoms with Crippen LogP contribution in [0.5, 0.6) is 0 Å². The quantitative estimate of drug-likeness (QED) is 0.445. The summed E-state index contributed by atoms with van der Waals surface area (Å²) in [4.78, 5) is 20.4. The molecule has 154 valence electrons. The third kappa shape index (κ3) is 4.35. The van der Waals surface area contributed by atoms with E-state index in [-0.39, 0.29) is 17.3 Å². The lowest BCUT2D eigenvalue weighted by Gasteiger charge is -2.20. The Hall–Kier alpha value is -3.21. The van der Waals surface area contributed by atoms with Crippen molar-refractivity contribution in [3.63, 3.8) is 0 Å². The van der Waals surface area contributed by atoms with Gasteiger partial charge < -0.3 is 10.3 Å². The molecule has 2 N–H and O–H groups in total. The lowest BCUT2D eigenvalue weighted by atomic mass is 10.0. The summed E-state index contributed by atoms with van der Waals surface area (Å²) in [6, 6.07) is 16.8. The Balaban J connectivity index is 1.68. The second-order valence-electron chi connectivity index (χ2n) is 8.71. The van der Waals surface area contributed by atoms with Crippen molar-refractivity contribution < 1.29 is 9.18 Å². The number of benzene rings is 2. The van der Waals surface area contributed by atoms with Crippen LogP contribution >= 0.6 is 0 Å². The Morgan fingerprint density at radius 3 is 2.70 bits per heavy atom. The fourth-order valence-corrected chi connectivity index (χ4v) is 3.81. The number of hydrogen-bond acceptors (Lipinski definition) is 2. The number of aryl methyl sites for hydroxylation is 1. The number of aromatic amines is 1. The zero-order valence-corrected chi connectivity index (χ0v) is 17.6. The fourth-order valence-electron chi connectivity index (χ4n) is 3.81. The predicted octanol–water partition coefficient (Wildman–Crippen LogP) is 5.76. The number of H-pyrrole nitrogens is 1. The van der Waals surface area contributed by atoms with E-state index in [0.29, 0.717) is 19.3 Å². The monoisotopic (exact) mass is 403 g/mol. The van der Waals surface area contributed by atoms with Gasteiger partial charge in [0.05, 0.1) is 16.9 Å². The van der Waals surface area contributed by atoms with E-state index in [0.717, 1.165) is 38.8 Å². The van der Waals surface area contributed by atoms with Crippen LogP contribution in [0.1, 0.15) is 39.2 Å². The third-order valence-corrected chi connectivity index (χ3v) is 5.07. The number of para-hydroxylation sites is 1. The molecule has 2 aromatic carbocycles. The van der Waals surface area contributed by atoms with Crippen molar-refractivity contribution in [2.75, 3.05) is 0 Å². The molecule has 2 aromatic heterocycles. The van der Waals surface area contributed by atoms with Gasteiger partial charge in [0, 0.05) is 28.2 Å². The van der Waals surface area contributed by atoms with Crippen LogP contribution in [0.15, 0.2) is 54.6 Å². The Bertz CT molecular complexity index is 1220. The number of amides is 1. The van der Waals surface area contributed by atoms with Gasteiger partial charge in [0.2, 0.25) is 5.91 Å². The summed E-state index contributed by atoms with van der Waals surface area (Å²) in [6.45, 7) is 5.91. The summed E-state index contributed by atoms with van der Waals surface area (Å²) >= 11 is 0. The number of fused-ring (bicyclic) bond motifs is 2. The van der Waals surface area contributed by atoms with E-state index in [2.05, 4.69) is 10.3 Å². The molecule has 0 atom stereocenters. The normalized spacial score (nSPS) is 11.9. The Kier molecular flexibility index (Phi) is 5.29. The Morgan fingerprint density at radius 2 is 1.90 bits per heavy atom. The summed E-state index contributed by atoms with van der Waals surface area (Å²) in [5.74, 6) is -0.245. The number of pyridine rings is 1. The number of carbonyl (C=O) groups is 1. The minimum atomic E-state index is -0.272. The van der Waals surface area contributed by atoms with Crippen molar-refractivity contribution in [3.8, 4) is 11.4 Å². The number of nitrogens with zero attached hydrogens (tertiary/aromatic N) is 1. The molecular weight excluding hydrogens is 377 g/mol. The second-order valence-corrected chi connectivity index (χ2v) is 8.71. The molecule has 4 rings (SSSR count). The van der Waals surface area contributed by atoms with E-state index in [1.54, 1.807) is 12.1 Å². The van der Waals surface area contributed by atoms with Gasteiger partial charge in [-0.2, -0.15) is 0 Å². The van der Waals surface area contributed by atoms with Gasteiger partial charge in [0.1, 0.15) is 5.82 Å². The molecule has 4 aromatic rings. The average molecular weight is 404 g/mol. The van der Waals surface area contributed by atoms with Crippen molar-refractivity contribution >= 4 is 27.7 Å². The summed E-state index contributed by atoms with van der Waals surface area (Å²) in [6.07, 6.45) is 1.75. The molecule has 0 radical (unpaired) electrons. The minimum absolute atomic E-state index is 0.0268. The lowest BCUT2D eigenvalue weighted by Crippen LogP contribution is -2.40. The van der Waals surface area contributed by atoms with E-state index in [9.17, 15) is 9.18 Å². The smallest absolute Gasteiger partial charge is 0.220 e. The first-order chi connectivity index (χ1) is 14.3. The number of rotatable bonds is 5. The van der Waals surface area contributed by atoms with Gasteiger partial charge in [0.15, 0.2) is 0 Å². The number of halogens is 1. The van der Waals surface area contributed by atoms with Gasteiger partial charge in [0.25, 0.3) is 0 Å². The predicted molar refractivity (Wildman–Crippen MR) is 120 cm³/mol. The van der Waals surface area contributed by atoms with Crippen molar-refractivity contribution in [2.24, 2.45) is 0 Å². The molecular formula is C25H26FN3O. The fraction of sp³-hybridized carbons (Fsp3) is 0.280. The Labute approximate surface area is 175 Å². The molecule has 5 heteroatoms. The van der Waals surface area contributed by atoms with Crippen molar-refractivity contribution in [2.45, 2.75) is 45.6 Å². The molecule has 0 saturated heterocycles. The number of hydrogen-bond donors (Lipinski definition) is 2. The van der Waals surface area contributed by atoms with Crippen molar-refractivity contribution in [3.05, 3.63) is 66.0 Å². The van der Waals surface area contributed by atoms with Gasteiger partial charge in [-0.05, 0) is 69.5 Å². The van der Waals surface area contributed by atoms with E-state index in [1.165, 1.54) is 6.07 Å². The summed E-state index contributed by atoms with van der Waals surface area (Å²) in [7, 11) is 0. The van der Waals surface area contributed by atoms with Crippen LogP contribution in [0.25, 0.3) is 33.2 Å². The number of carbonyl (C=O) groups excluding carboxylic acids is 1. The minimum Gasteiger partial charge on any atom is -0.353 e. The van der Waals surface area contributed by atoms with Crippen LogP contribution in [0.3, 0.4) is 0 Å². The van der Waals surface area contributed by atoms with Gasteiger partial charge >= 0.3 is 0 Å². The van der Waals surface area contributed by atoms with Gasteiger partial charge in [-0.25, -0.2) is 9.37 Å².